The van der Waals surface area contributed by atoms with Crippen molar-refractivity contribution >= 4 is 6.03 Å². The summed E-state index contributed by atoms with van der Waals surface area (Å²) < 4.78 is 13.0. The van der Waals surface area contributed by atoms with Crippen LogP contribution in [0.5, 0.6) is 0 Å². The van der Waals surface area contributed by atoms with E-state index in [0.29, 0.717) is 13.1 Å². The van der Waals surface area contributed by atoms with Gasteiger partial charge in [-0.15, -0.1) is 0 Å². The van der Waals surface area contributed by atoms with Crippen LogP contribution in [-0.4, -0.2) is 35.2 Å². The Bertz CT molecular complexity index is 580. The molecule has 1 aromatic carbocycles. The third-order valence-electron chi connectivity index (χ3n) is 5.08. The molecule has 3 rings (SSSR count). The summed E-state index contributed by atoms with van der Waals surface area (Å²) in [4.78, 5) is 14.2. The minimum absolute atomic E-state index is 0.00465. The van der Waals surface area contributed by atoms with E-state index in [1.807, 2.05) is 4.90 Å². The van der Waals surface area contributed by atoms with Gasteiger partial charge in [-0.05, 0) is 55.7 Å². The number of allylic oxidation sites excluding steroid dienone is 1. The van der Waals surface area contributed by atoms with E-state index in [-0.39, 0.29) is 23.8 Å². The largest absolute Gasteiger partial charge is 0.388 e. The maximum absolute atomic E-state index is 13.0. The third kappa shape index (κ3) is 4.15. The van der Waals surface area contributed by atoms with Gasteiger partial charge in [-0.2, -0.15) is 0 Å². The lowest BCUT2D eigenvalue weighted by Crippen LogP contribution is -2.48. The number of carbonyl (C=O) groups excluding carboxylic acids is 1. The Morgan fingerprint density at radius 3 is 2.50 bits per heavy atom. The number of rotatable bonds is 3. The van der Waals surface area contributed by atoms with Crippen LogP contribution in [0, 0.1) is 11.7 Å². The first kappa shape index (κ1) is 17.0. The smallest absolute Gasteiger partial charge is 0.317 e. The monoisotopic (exact) mass is 332 g/mol. The van der Waals surface area contributed by atoms with Crippen LogP contribution in [-0.2, 0) is 0 Å². The van der Waals surface area contributed by atoms with E-state index in [1.165, 1.54) is 12.1 Å². The van der Waals surface area contributed by atoms with Gasteiger partial charge in [0.1, 0.15) is 5.82 Å². The average molecular weight is 332 g/mol. The van der Waals surface area contributed by atoms with Gasteiger partial charge in [0.15, 0.2) is 0 Å². The molecular formula is C19H25FN2O2. The lowest BCUT2D eigenvalue weighted by Gasteiger charge is -2.35. The number of halogens is 1. The van der Waals surface area contributed by atoms with Crippen molar-refractivity contribution < 1.29 is 14.3 Å². The van der Waals surface area contributed by atoms with Gasteiger partial charge in [0.2, 0.25) is 0 Å². The minimum atomic E-state index is -0.598. The first-order valence-electron chi connectivity index (χ1n) is 8.77. The lowest BCUT2D eigenvalue weighted by molar-refractivity contribution is 0.0660. The molecule has 1 aliphatic heterocycles. The maximum atomic E-state index is 13.0. The van der Waals surface area contributed by atoms with E-state index in [2.05, 4.69) is 17.5 Å². The van der Waals surface area contributed by atoms with Crippen molar-refractivity contribution in [3.8, 4) is 0 Å². The molecule has 0 spiro atoms. The second-order valence-corrected chi connectivity index (χ2v) is 6.75. The number of carbonyl (C=O) groups is 1. The van der Waals surface area contributed by atoms with E-state index in [0.717, 1.165) is 37.7 Å². The Morgan fingerprint density at radius 1 is 1.17 bits per heavy atom. The molecule has 0 aromatic heterocycles. The molecule has 1 saturated heterocycles. The molecule has 2 atom stereocenters. The molecule has 2 unspecified atom stereocenters. The van der Waals surface area contributed by atoms with Crippen molar-refractivity contribution in [2.75, 3.05) is 13.1 Å². The van der Waals surface area contributed by atoms with Crippen LogP contribution in [0.3, 0.4) is 0 Å². The molecule has 1 fully saturated rings. The number of urea groups is 1. The molecule has 4 nitrogen and oxygen atoms in total. The van der Waals surface area contributed by atoms with Crippen LogP contribution in [0.4, 0.5) is 9.18 Å². The summed E-state index contributed by atoms with van der Waals surface area (Å²) in [6.07, 6.45) is 8.14. The average Bonchev–Trinajstić information content (AvgIpc) is 2.63. The fraction of sp³-hybridized carbons (Fsp3) is 0.526. The summed E-state index contributed by atoms with van der Waals surface area (Å²) in [7, 11) is 0. The van der Waals surface area contributed by atoms with Crippen molar-refractivity contribution in [1.29, 1.82) is 0 Å². The van der Waals surface area contributed by atoms with Crippen molar-refractivity contribution in [2.45, 2.75) is 44.2 Å². The van der Waals surface area contributed by atoms with Crippen LogP contribution in [0.2, 0.25) is 0 Å². The fourth-order valence-corrected chi connectivity index (χ4v) is 3.54. The minimum Gasteiger partial charge on any atom is -0.388 e. The summed E-state index contributed by atoms with van der Waals surface area (Å²) in [5.41, 5.74) is 0.744. The predicted molar refractivity (Wildman–Crippen MR) is 91.0 cm³/mol. The molecule has 24 heavy (non-hydrogen) atoms. The van der Waals surface area contributed by atoms with Gasteiger partial charge in [0.05, 0.1) is 6.10 Å². The number of likely N-dealkylation sites (tertiary alicyclic amines) is 1. The van der Waals surface area contributed by atoms with E-state index < -0.39 is 6.10 Å². The number of nitrogens with one attached hydrogen (secondary N) is 1. The topological polar surface area (TPSA) is 52.6 Å². The molecule has 1 aliphatic carbocycles. The van der Waals surface area contributed by atoms with Crippen molar-refractivity contribution in [3.63, 3.8) is 0 Å². The Balaban J connectivity index is 1.48. The van der Waals surface area contributed by atoms with E-state index in [9.17, 15) is 14.3 Å². The van der Waals surface area contributed by atoms with Crippen LogP contribution in [0.25, 0.3) is 0 Å². The number of aliphatic hydroxyl groups is 1. The number of amides is 2. The first-order valence-corrected chi connectivity index (χ1v) is 8.77. The summed E-state index contributed by atoms with van der Waals surface area (Å²) in [5, 5.41) is 13.6. The normalized spacial score (nSPS) is 23.1. The van der Waals surface area contributed by atoms with Gasteiger partial charge in [-0.25, -0.2) is 9.18 Å². The SMILES string of the molecule is O=C(NC1CC=CCC1)N1CCC(C(O)c2ccc(F)cc2)CC1. The van der Waals surface area contributed by atoms with Crippen LogP contribution in [0.1, 0.15) is 43.8 Å². The zero-order chi connectivity index (χ0) is 16.9. The Morgan fingerprint density at radius 2 is 1.88 bits per heavy atom. The number of piperidine rings is 1. The molecule has 1 heterocycles. The zero-order valence-corrected chi connectivity index (χ0v) is 13.8. The van der Waals surface area contributed by atoms with Gasteiger partial charge >= 0.3 is 6.03 Å². The number of hydrogen-bond acceptors (Lipinski definition) is 2. The summed E-state index contributed by atoms with van der Waals surface area (Å²) in [6, 6.07) is 6.26. The summed E-state index contributed by atoms with van der Waals surface area (Å²) in [6.45, 7) is 1.30. The van der Waals surface area contributed by atoms with E-state index in [1.54, 1.807) is 12.1 Å². The molecule has 2 N–H and O–H groups in total. The van der Waals surface area contributed by atoms with Crippen LogP contribution in [0.15, 0.2) is 36.4 Å². The summed E-state index contributed by atoms with van der Waals surface area (Å²) >= 11 is 0. The molecule has 0 radical (unpaired) electrons. The quantitative estimate of drug-likeness (QED) is 0.834. The van der Waals surface area contributed by atoms with Crippen molar-refractivity contribution in [2.24, 2.45) is 5.92 Å². The molecule has 0 saturated carbocycles. The first-order chi connectivity index (χ1) is 11.6. The van der Waals surface area contributed by atoms with Crippen LogP contribution >= 0.6 is 0 Å². The highest BCUT2D eigenvalue weighted by Gasteiger charge is 2.29. The number of hydrogen-bond donors (Lipinski definition) is 2. The van der Waals surface area contributed by atoms with Gasteiger partial charge in [-0.3, -0.25) is 0 Å². The second kappa shape index (κ2) is 7.79. The highest BCUT2D eigenvalue weighted by Crippen LogP contribution is 2.30. The fourth-order valence-electron chi connectivity index (χ4n) is 3.54. The number of aliphatic hydroxyl groups excluding tert-OH is 1. The Labute approximate surface area is 142 Å². The Hall–Kier alpha value is -1.88. The van der Waals surface area contributed by atoms with Crippen LogP contribution < -0.4 is 5.32 Å². The molecule has 2 aliphatic rings. The molecule has 130 valence electrons. The van der Waals surface area contributed by atoms with Gasteiger partial charge in [0.25, 0.3) is 0 Å². The van der Waals surface area contributed by atoms with Gasteiger partial charge in [-0.1, -0.05) is 24.3 Å². The molecule has 0 bridgehead atoms. The van der Waals surface area contributed by atoms with E-state index in [4.69, 9.17) is 0 Å². The highest BCUT2D eigenvalue weighted by atomic mass is 19.1. The molecule has 2 amide bonds. The standard InChI is InChI=1S/C19H25FN2O2/c20-16-8-6-14(7-9-16)18(23)15-10-12-22(13-11-15)19(24)21-17-4-2-1-3-5-17/h1-2,6-9,15,17-18,23H,3-5,10-13H2,(H,21,24). The third-order valence-corrected chi connectivity index (χ3v) is 5.08. The highest BCUT2D eigenvalue weighted by molar-refractivity contribution is 5.74. The van der Waals surface area contributed by atoms with Gasteiger partial charge < -0.3 is 15.3 Å². The Kier molecular flexibility index (Phi) is 5.51. The number of nitrogens with zero attached hydrogens (tertiary/aromatic N) is 1. The van der Waals surface area contributed by atoms with E-state index >= 15 is 0 Å². The van der Waals surface area contributed by atoms with Crippen molar-refractivity contribution in [3.05, 3.63) is 47.8 Å². The lowest BCUT2D eigenvalue weighted by atomic mass is 9.87. The molecule has 1 aromatic rings. The maximum Gasteiger partial charge on any atom is 0.317 e. The summed E-state index contributed by atoms with van der Waals surface area (Å²) in [5.74, 6) is -0.188. The second-order valence-electron chi connectivity index (χ2n) is 6.75. The van der Waals surface area contributed by atoms with Gasteiger partial charge in [0, 0.05) is 19.1 Å². The van der Waals surface area contributed by atoms with Crippen molar-refractivity contribution in [1.82, 2.24) is 10.2 Å². The molecule has 5 heteroatoms. The molecular weight excluding hydrogens is 307 g/mol. The zero-order valence-electron chi connectivity index (χ0n) is 13.8. The number of benzene rings is 1. The predicted octanol–water partition coefficient (Wildman–Crippen LogP) is 3.39.